The van der Waals surface area contributed by atoms with E-state index in [2.05, 4.69) is 4.98 Å². The van der Waals surface area contributed by atoms with Crippen LogP contribution in [0.3, 0.4) is 0 Å². The Morgan fingerprint density at radius 2 is 2.00 bits per heavy atom. The topological polar surface area (TPSA) is 82.0 Å². The van der Waals surface area contributed by atoms with Crippen molar-refractivity contribution in [2.45, 2.75) is 31.4 Å². The number of pyridine rings is 1. The number of anilines is 1. The molecule has 0 unspecified atom stereocenters. The molecule has 0 aliphatic heterocycles. The summed E-state index contributed by atoms with van der Waals surface area (Å²) in [5.74, 6) is 0.556. The van der Waals surface area contributed by atoms with Gasteiger partial charge in [0.1, 0.15) is 0 Å². The summed E-state index contributed by atoms with van der Waals surface area (Å²) < 4.78 is 0. The number of para-hydroxylation sites is 1. The second kappa shape index (κ2) is 6.13. The highest BCUT2D eigenvalue weighted by Crippen LogP contribution is 2.32. The molecule has 0 spiro atoms. The van der Waals surface area contributed by atoms with E-state index in [0.717, 1.165) is 21.8 Å². The first kappa shape index (κ1) is 15.3. The number of hydrogen-bond donors (Lipinski definition) is 1. The molecule has 1 aromatic heterocycles. The van der Waals surface area contributed by atoms with Crippen LogP contribution >= 0.6 is 11.8 Å². The summed E-state index contributed by atoms with van der Waals surface area (Å²) in [7, 11) is 0. The van der Waals surface area contributed by atoms with Crippen molar-refractivity contribution in [3.63, 3.8) is 0 Å². The smallest absolute Gasteiger partial charge is 0.278 e. The quantitative estimate of drug-likeness (QED) is 0.402. The largest absolute Gasteiger partial charge is 0.398 e. The Morgan fingerprint density at radius 3 is 2.67 bits per heavy atom. The van der Waals surface area contributed by atoms with Gasteiger partial charge in [-0.2, -0.15) is 0 Å². The molecule has 5 nitrogen and oxygen atoms in total. The fraction of sp³-hybridized carbons (Fsp3) is 0.267. The molecule has 2 aromatic rings. The highest BCUT2D eigenvalue weighted by molar-refractivity contribution is 7.98. The number of rotatable bonds is 4. The van der Waals surface area contributed by atoms with E-state index in [0.29, 0.717) is 16.9 Å². The maximum absolute atomic E-state index is 11.1. The first-order valence-electron chi connectivity index (χ1n) is 6.49. The number of hydrogen-bond acceptors (Lipinski definition) is 5. The Morgan fingerprint density at radius 1 is 1.29 bits per heavy atom. The molecule has 0 saturated heterocycles. The van der Waals surface area contributed by atoms with Gasteiger partial charge in [-0.3, -0.25) is 15.1 Å². The third kappa shape index (κ3) is 3.16. The molecule has 110 valence electrons. The molecule has 0 radical (unpaired) electrons. The third-order valence-corrected chi connectivity index (χ3v) is 4.49. The first-order valence-corrected chi connectivity index (χ1v) is 7.47. The lowest BCUT2D eigenvalue weighted by Gasteiger charge is -2.10. The number of nitro groups is 1. The lowest BCUT2D eigenvalue weighted by atomic mass is 10.1. The van der Waals surface area contributed by atoms with Crippen LogP contribution in [0.15, 0.2) is 29.3 Å². The number of nitrogens with two attached hydrogens (primary N) is 1. The van der Waals surface area contributed by atoms with Gasteiger partial charge < -0.3 is 5.73 Å². The van der Waals surface area contributed by atoms with E-state index in [-0.39, 0.29) is 10.6 Å². The van der Waals surface area contributed by atoms with Gasteiger partial charge in [-0.15, -0.1) is 11.8 Å². The van der Waals surface area contributed by atoms with Crippen LogP contribution in [0.25, 0.3) is 0 Å². The van der Waals surface area contributed by atoms with E-state index in [1.807, 2.05) is 25.1 Å². The summed E-state index contributed by atoms with van der Waals surface area (Å²) in [5, 5.41) is 11.1. The number of thioether (sulfide) groups is 1. The van der Waals surface area contributed by atoms with Gasteiger partial charge in [0.05, 0.1) is 10.6 Å². The predicted molar refractivity (Wildman–Crippen MR) is 85.5 cm³/mol. The Bertz CT molecular complexity index is 702. The van der Waals surface area contributed by atoms with Crippen LogP contribution in [-0.4, -0.2) is 9.91 Å². The van der Waals surface area contributed by atoms with E-state index < -0.39 is 0 Å². The lowest BCUT2D eigenvalue weighted by molar-refractivity contribution is -0.386. The molecule has 0 saturated carbocycles. The summed E-state index contributed by atoms with van der Waals surface area (Å²) in [5.41, 5.74) is 9.90. The van der Waals surface area contributed by atoms with Crippen LogP contribution in [0, 0.1) is 30.9 Å². The van der Waals surface area contributed by atoms with Gasteiger partial charge in [0.15, 0.2) is 0 Å². The molecule has 1 heterocycles. The van der Waals surface area contributed by atoms with E-state index in [1.165, 1.54) is 0 Å². The minimum absolute atomic E-state index is 0.151. The molecular formula is C15H17N3O2S. The second-order valence-corrected chi connectivity index (χ2v) is 5.91. The molecule has 0 fully saturated rings. The summed E-state index contributed by atoms with van der Waals surface area (Å²) in [6.07, 6.45) is 1.56. The standard InChI is InChI=1S/C15H17N3O2S/c1-9-5-4-6-13(14(9)16)21-8-12-11(3)15(18(19)20)10(2)7-17-12/h4-7H,8,16H2,1-3H3. The van der Waals surface area contributed by atoms with Gasteiger partial charge >= 0.3 is 0 Å². The molecule has 0 aliphatic rings. The average Bonchev–Trinajstić information content (AvgIpc) is 2.42. The number of nitrogens with zero attached hydrogens (tertiary/aromatic N) is 2. The molecule has 0 bridgehead atoms. The maximum Gasteiger partial charge on any atom is 0.278 e. The highest BCUT2D eigenvalue weighted by atomic mass is 32.2. The molecule has 2 rings (SSSR count). The molecule has 1 aromatic carbocycles. The molecule has 0 amide bonds. The Hall–Kier alpha value is -2.08. The molecule has 2 N–H and O–H groups in total. The van der Waals surface area contributed by atoms with Crippen molar-refractivity contribution in [3.05, 3.63) is 56.9 Å². The number of nitrogen functional groups attached to an aromatic ring is 1. The van der Waals surface area contributed by atoms with Crippen LogP contribution < -0.4 is 5.73 Å². The summed E-state index contributed by atoms with van der Waals surface area (Å²) in [4.78, 5) is 16.1. The molecule has 0 aliphatic carbocycles. The van der Waals surface area contributed by atoms with Crippen molar-refractivity contribution < 1.29 is 4.92 Å². The summed E-state index contributed by atoms with van der Waals surface area (Å²) in [6, 6.07) is 5.86. The third-order valence-electron chi connectivity index (χ3n) is 3.41. The van der Waals surface area contributed by atoms with E-state index in [9.17, 15) is 10.1 Å². The van der Waals surface area contributed by atoms with E-state index in [4.69, 9.17) is 5.73 Å². The van der Waals surface area contributed by atoms with Crippen LogP contribution in [0.4, 0.5) is 11.4 Å². The monoisotopic (exact) mass is 303 g/mol. The zero-order chi connectivity index (χ0) is 15.6. The Kier molecular flexibility index (Phi) is 4.47. The predicted octanol–water partition coefficient (Wildman–Crippen LogP) is 3.79. The van der Waals surface area contributed by atoms with Gasteiger partial charge in [-0.1, -0.05) is 12.1 Å². The van der Waals surface area contributed by atoms with Crippen LogP contribution in [-0.2, 0) is 5.75 Å². The summed E-state index contributed by atoms with van der Waals surface area (Å²) >= 11 is 1.54. The van der Waals surface area contributed by atoms with Crippen molar-refractivity contribution >= 4 is 23.1 Å². The highest BCUT2D eigenvalue weighted by Gasteiger charge is 2.18. The second-order valence-electron chi connectivity index (χ2n) is 4.89. The minimum Gasteiger partial charge on any atom is -0.398 e. The molecule has 21 heavy (non-hydrogen) atoms. The van der Waals surface area contributed by atoms with E-state index in [1.54, 1.807) is 31.8 Å². The van der Waals surface area contributed by atoms with Crippen LogP contribution in [0.1, 0.15) is 22.4 Å². The van der Waals surface area contributed by atoms with Crippen molar-refractivity contribution in [3.8, 4) is 0 Å². The fourth-order valence-corrected chi connectivity index (χ4v) is 3.19. The zero-order valence-corrected chi connectivity index (χ0v) is 13.0. The normalized spacial score (nSPS) is 10.6. The van der Waals surface area contributed by atoms with Crippen molar-refractivity contribution in [1.82, 2.24) is 4.98 Å². The van der Waals surface area contributed by atoms with Crippen molar-refractivity contribution in [2.75, 3.05) is 5.73 Å². The number of aromatic nitrogens is 1. The SMILES string of the molecule is Cc1cccc(SCc2ncc(C)c([N+](=O)[O-])c2C)c1N. The number of aryl methyl sites for hydroxylation is 2. The zero-order valence-electron chi connectivity index (χ0n) is 12.2. The van der Waals surface area contributed by atoms with Gasteiger partial charge in [0, 0.05) is 33.7 Å². The van der Waals surface area contributed by atoms with Gasteiger partial charge in [-0.25, -0.2) is 0 Å². The Balaban J connectivity index is 2.27. The minimum atomic E-state index is -0.346. The Labute approximate surface area is 127 Å². The van der Waals surface area contributed by atoms with Crippen LogP contribution in [0.2, 0.25) is 0 Å². The maximum atomic E-state index is 11.1. The van der Waals surface area contributed by atoms with Crippen molar-refractivity contribution in [2.24, 2.45) is 0 Å². The molecular weight excluding hydrogens is 286 g/mol. The van der Waals surface area contributed by atoms with Gasteiger partial charge in [0.25, 0.3) is 5.69 Å². The fourth-order valence-electron chi connectivity index (χ4n) is 2.12. The van der Waals surface area contributed by atoms with Gasteiger partial charge in [-0.05, 0) is 32.4 Å². The molecule has 0 atom stereocenters. The van der Waals surface area contributed by atoms with Crippen molar-refractivity contribution in [1.29, 1.82) is 0 Å². The van der Waals surface area contributed by atoms with Gasteiger partial charge in [0.2, 0.25) is 0 Å². The van der Waals surface area contributed by atoms with Crippen LogP contribution in [0.5, 0.6) is 0 Å². The number of benzene rings is 1. The summed E-state index contributed by atoms with van der Waals surface area (Å²) in [6.45, 7) is 5.40. The molecule has 6 heteroatoms. The lowest BCUT2D eigenvalue weighted by Crippen LogP contribution is -2.01. The van der Waals surface area contributed by atoms with E-state index >= 15 is 0 Å². The average molecular weight is 303 g/mol. The first-order chi connectivity index (χ1) is 9.91.